The molecule has 1 aromatic rings. The molecule has 21 heavy (non-hydrogen) atoms. The fourth-order valence-electron chi connectivity index (χ4n) is 3.50. The van der Waals surface area contributed by atoms with E-state index in [-0.39, 0.29) is 15.1 Å². The van der Waals surface area contributed by atoms with Crippen LogP contribution in [0.5, 0.6) is 0 Å². The molecule has 0 saturated heterocycles. The van der Waals surface area contributed by atoms with Gasteiger partial charge in [0.25, 0.3) is 0 Å². The molecule has 2 nitrogen and oxygen atoms in total. The van der Waals surface area contributed by atoms with Gasteiger partial charge in [-0.15, -0.1) is 0 Å². The van der Waals surface area contributed by atoms with E-state index in [1.54, 1.807) is 0 Å². The summed E-state index contributed by atoms with van der Waals surface area (Å²) in [5, 5.41) is 9.64. The summed E-state index contributed by atoms with van der Waals surface area (Å²) in [7, 11) is 0. The minimum atomic E-state index is -0.680. The van der Waals surface area contributed by atoms with Crippen LogP contribution in [0.15, 0.2) is 30.3 Å². The number of rotatable bonds is 4. The molecule has 4 atom stereocenters. The normalized spacial score (nSPS) is 30.8. The van der Waals surface area contributed by atoms with E-state index in [0.29, 0.717) is 5.92 Å². The topological polar surface area (TPSA) is 37.3 Å². The van der Waals surface area contributed by atoms with Crippen molar-refractivity contribution in [1.82, 2.24) is 0 Å². The van der Waals surface area contributed by atoms with Gasteiger partial charge in [0.15, 0.2) is 0 Å². The highest BCUT2D eigenvalue weighted by atomic mass is 79.9. The zero-order valence-corrected chi connectivity index (χ0v) is 15.8. The first kappa shape index (κ1) is 17.0. The Morgan fingerprint density at radius 3 is 2.29 bits per heavy atom. The Labute approximate surface area is 143 Å². The van der Waals surface area contributed by atoms with Gasteiger partial charge in [-0.3, -0.25) is 4.79 Å². The van der Waals surface area contributed by atoms with Crippen LogP contribution in [0.3, 0.4) is 0 Å². The van der Waals surface area contributed by atoms with E-state index in [4.69, 9.17) is 0 Å². The summed E-state index contributed by atoms with van der Waals surface area (Å²) in [5.74, 6) is -0.372. The molecular weight excluding hydrogens is 396 g/mol. The number of hydrogen-bond donors (Lipinski definition) is 1. The Kier molecular flexibility index (Phi) is 4.89. The maximum Gasteiger partial charge on any atom is 0.309 e. The Morgan fingerprint density at radius 1 is 1.24 bits per heavy atom. The van der Waals surface area contributed by atoms with Crippen LogP contribution in [-0.2, 0) is 4.79 Å². The Hall–Kier alpha value is -0.350. The van der Waals surface area contributed by atoms with Crippen LogP contribution >= 0.6 is 31.9 Å². The Morgan fingerprint density at radius 2 is 1.81 bits per heavy atom. The van der Waals surface area contributed by atoms with E-state index in [9.17, 15) is 9.90 Å². The molecule has 0 spiro atoms. The quantitative estimate of drug-likeness (QED) is 0.664. The van der Waals surface area contributed by atoms with Crippen LogP contribution < -0.4 is 0 Å². The highest BCUT2D eigenvalue weighted by molar-refractivity contribution is 9.12. The molecule has 4 heteroatoms. The van der Waals surface area contributed by atoms with Gasteiger partial charge in [0.1, 0.15) is 0 Å². The predicted molar refractivity (Wildman–Crippen MR) is 93.1 cm³/mol. The van der Waals surface area contributed by atoms with E-state index in [1.807, 2.05) is 25.1 Å². The fraction of sp³-hybridized carbons (Fsp3) is 0.588. The van der Waals surface area contributed by atoms with Gasteiger partial charge in [0.05, 0.1) is 10.2 Å². The highest BCUT2D eigenvalue weighted by Crippen LogP contribution is 2.60. The molecule has 0 amide bonds. The monoisotopic (exact) mass is 416 g/mol. The summed E-state index contributed by atoms with van der Waals surface area (Å²) in [4.78, 5) is 12.1. The lowest BCUT2D eigenvalue weighted by molar-refractivity contribution is -0.154. The second kappa shape index (κ2) is 6.04. The lowest BCUT2D eigenvalue weighted by Gasteiger charge is -2.41. The van der Waals surface area contributed by atoms with Gasteiger partial charge >= 0.3 is 5.97 Å². The van der Waals surface area contributed by atoms with Crippen LogP contribution in [0.1, 0.15) is 44.0 Å². The van der Waals surface area contributed by atoms with E-state index in [1.165, 1.54) is 5.56 Å². The van der Waals surface area contributed by atoms with Crippen LogP contribution in [0, 0.1) is 16.7 Å². The number of carboxylic acids is 1. The molecule has 1 aliphatic carbocycles. The molecule has 1 aromatic carbocycles. The maximum absolute atomic E-state index is 11.7. The average molecular weight is 418 g/mol. The number of halogens is 2. The van der Waals surface area contributed by atoms with Crippen LogP contribution in [0.25, 0.3) is 0 Å². The number of aliphatic carboxylic acids is 1. The minimum absolute atomic E-state index is 0.180. The predicted octanol–water partition coefficient (Wildman–Crippen LogP) is 5.41. The number of benzene rings is 1. The van der Waals surface area contributed by atoms with Crippen LogP contribution in [0.4, 0.5) is 0 Å². The van der Waals surface area contributed by atoms with E-state index >= 15 is 0 Å². The molecule has 116 valence electrons. The van der Waals surface area contributed by atoms with Crippen molar-refractivity contribution in [2.24, 2.45) is 16.7 Å². The number of hydrogen-bond acceptors (Lipinski definition) is 1. The molecule has 1 aliphatic rings. The molecule has 0 bridgehead atoms. The average Bonchev–Trinajstić information content (AvgIpc) is 2.70. The van der Waals surface area contributed by atoms with Crippen molar-refractivity contribution in [1.29, 1.82) is 0 Å². The smallest absolute Gasteiger partial charge is 0.309 e. The van der Waals surface area contributed by atoms with Gasteiger partial charge in [0, 0.05) is 4.83 Å². The zero-order valence-electron chi connectivity index (χ0n) is 12.6. The van der Waals surface area contributed by atoms with Gasteiger partial charge in [0.2, 0.25) is 0 Å². The Bertz CT molecular complexity index is 515. The minimum Gasteiger partial charge on any atom is -0.481 e. The standard InChI is InChI=1S/C17H22Br2O2/c1-16(2)12(9-10-17(16,3)15(20)21)14(19)13(18)11-7-5-4-6-8-11/h4-8,12-14H,9-10H2,1-3H3,(H,20,21)/t12-,13-,14-,17-/m1/s1. The van der Waals surface area contributed by atoms with Crippen molar-refractivity contribution in [2.75, 3.05) is 0 Å². The summed E-state index contributed by atoms with van der Waals surface area (Å²) < 4.78 is 0. The third-order valence-electron chi connectivity index (χ3n) is 5.56. The SMILES string of the molecule is CC1(C)[C@@H]([C@@H](Br)[C@H](Br)c2ccccc2)CC[C@]1(C)C(=O)O. The van der Waals surface area contributed by atoms with Crippen LogP contribution in [-0.4, -0.2) is 15.9 Å². The fourth-order valence-corrected chi connectivity index (χ4v) is 5.40. The second-order valence-electron chi connectivity index (χ2n) is 6.76. The number of alkyl halides is 2. The van der Waals surface area contributed by atoms with Crippen molar-refractivity contribution < 1.29 is 9.90 Å². The summed E-state index contributed by atoms with van der Waals surface area (Å²) in [6.45, 7) is 6.08. The molecule has 1 fully saturated rings. The third kappa shape index (κ3) is 2.81. The largest absolute Gasteiger partial charge is 0.481 e. The maximum atomic E-state index is 11.7. The first-order valence-electron chi connectivity index (χ1n) is 7.28. The first-order valence-corrected chi connectivity index (χ1v) is 9.11. The highest BCUT2D eigenvalue weighted by Gasteiger charge is 2.58. The molecule has 0 unspecified atom stereocenters. The summed E-state index contributed by atoms with van der Waals surface area (Å²) >= 11 is 7.64. The lowest BCUT2D eigenvalue weighted by Crippen LogP contribution is -2.43. The molecule has 0 radical (unpaired) electrons. The van der Waals surface area contributed by atoms with Crippen molar-refractivity contribution in [3.63, 3.8) is 0 Å². The second-order valence-corrected chi connectivity index (χ2v) is 8.80. The lowest BCUT2D eigenvalue weighted by atomic mass is 9.65. The summed E-state index contributed by atoms with van der Waals surface area (Å²) in [6, 6.07) is 10.3. The van der Waals surface area contributed by atoms with Gasteiger partial charge in [-0.1, -0.05) is 76.0 Å². The molecule has 0 heterocycles. The van der Waals surface area contributed by atoms with Gasteiger partial charge in [-0.05, 0) is 36.7 Å². The van der Waals surface area contributed by atoms with Gasteiger partial charge < -0.3 is 5.11 Å². The van der Waals surface area contributed by atoms with E-state index in [0.717, 1.165) is 12.8 Å². The molecule has 0 aliphatic heterocycles. The first-order chi connectivity index (χ1) is 9.72. The zero-order chi connectivity index (χ0) is 15.8. The van der Waals surface area contributed by atoms with Crippen molar-refractivity contribution in [3.05, 3.63) is 35.9 Å². The summed E-state index contributed by atoms with van der Waals surface area (Å²) in [6.07, 6.45) is 1.66. The van der Waals surface area contributed by atoms with E-state index < -0.39 is 11.4 Å². The molecule has 0 aromatic heterocycles. The number of carbonyl (C=O) groups is 1. The number of carboxylic acid groups (broad SMARTS) is 1. The molecular formula is C17H22Br2O2. The van der Waals surface area contributed by atoms with Gasteiger partial charge in [-0.2, -0.15) is 0 Å². The summed E-state index contributed by atoms with van der Waals surface area (Å²) in [5.41, 5.74) is 0.306. The van der Waals surface area contributed by atoms with Crippen molar-refractivity contribution in [3.8, 4) is 0 Å². The van der Waals surface area contributed by atoms with Crippen molar-refractivity contribution in [2.45, 2.75) is 43.3 Å². The molecule has 2 rings (SSSR count). The van der Waals surface area contributed by atoms with Crippen molar-refractivity contribution >= 4 is 37.8 Å². The Balaban J connectivity index is 2.25. The molecule has 1 N–H and O–H groups in total. The van der Waals surface area contributed by atoms with Gasteiger partial charge in [-0.25, -0.2) is 0 Å². The third-order valence-corrected chi connectivity index (χ3v) is 8.53. The molecule has 1 saturated carbocycles. The van der Waals surface area contributed by atoms with E-state index in [2.05, 4.69) is 57.8 Å². The van der Waals surface area contributed by atoms with Crippen LogP contribution in [0.2, 0.25) is 0 Å².